The third-order valence-electron chi connectivity index (χ3n) is 4.64. The molecule has 0 saturated carbocycles. The summed E-state index contributed by atoms with van der Waals surface area (Å²) in [4.78, 5) is 2.07. The third kappa shape index (κ3) is 4.69. The molecule has 0 radical (unpaired) electrons. The van der Waals surface area contributed by atoms with Crippen molar-refractivity contribution in [1.82, 2.24) is 9.21 Å². The lowest BCUT2D eigenvalue weighted by atomic mass is 10.1. The molecule has 1 fully saturated rings. The van der Waals surface area contributed by atoms with E-state index in [0.29, 0.717) is 26.2 Å². The molecule has 1 aliphatic heterocycles. The van der Waals surface area contributed by atoms with Gasteiger partial charge in [-0.15, -0.1) is 0 Å². The van der Waals surface area contributed by atoms with Gasteiger partial charge in [-0.25, -0.2) is 8.42 Å². The topological polar surface area (TPSA) is 40.6 Å². The third-order valence-corrected chi connectivity index (χ3v) is 6.55. The van der Waals surface area contributed by atoms with Crippen molar-refractivity contribution in [2.75, 3.05) is 26.2 Å². The van der Waals surface area contributed by atoms with Crippen LogP contribution in [-0.2, 0) is 22.7 Å². The average molecular weight is 398 g/mol. The van der Waals surface area contributed by atoms with Gasteiger partial charge in [0.05, 0.1) is 10.5 Å². The van der Waals surface area contributed by atoms with Gasteiger partial charge in [0.1, 0.15) is 0 Å². The van der Waals surface area contributed by atoms with Crippen LogP contribution < -0.4 is 0 Å². The minimum atomic E-state index is -4.48. The van der Waals surface area contributed by atoms with Gasteiger partial charge in [0.2, 0.25) is 10.0 Å². The van der Waals surface area contributed by atoms with Crippen LogP contribution in [0, 0.1) is 6.92 Å². The van der Waals surface area contributed by atoms with E-state index in [1.54, 1.807) is 0 Å². The van der Waals surface area contributed by atoms with E-state index in [1.807, 2.05) is 25.1 Å². The Labute approximate surface area is 157 Å². The van der Waals surface area contributed by atoms with E-state index < -0.39 is 21.8 Å². The van der Waals surface area contributed by atoms with E-state index in [9.17, 15) is 21.6 Å². The van der Waals surface area contributed by atoms with Crippen LogP contribution in [-0.4, -0.2) is 43.8 Å². The second-order valence-corrected chi connectivity index (χ2v) is 8.63. The van der Waals surface area contributed by atoms with Crippen molar-refractivity contribution >= 4 is 10.0 Å². The smallest absolute Gasteiger partial charge is 0.296 e. The quantitative estimate of drug-likeness (QED) is 0.791. The maximum atomic E-state index is 12.7. The Hall–Kier alpha value is -1.90. The maximum Gasteiger partial charge on any atom is 0.416 e. The Morgan fingerprint density at radius 3 is 2.15 bits per heavy atom. The van der Waals surface area contributed by atoms with Gasteiger partial charge in [-0.05, 0) is 36.8 Å². The first-order valence-electron chi connectivity index (χ1n) is 8.61. The van der Waals surface area contributed by atoms with Crippen molar-refractivity contribution < 1.29 is 21.6 Å². The number of halogens is 3. The molecule has 0 unspecified atom stereocenters. The van der Waals surface area contributed by atoms with Gasteiger partial charge in [-0.3, -0.25) is 4.90 Å². The summed E-state index contributed by atoms with van der Waals surface area (Å²) in [6.45, 7) is 4.56. The number of alkyl halides is 3. The molecule has 0 aromatic heterocycles. The van der Waals surface area contributed by atoms with Crippen molar-refractivity contribution in [3.63, 3.8) is 0 Å². The van der Waals surface area contributed by atoms with Crippen LogP contribution in [0.2, 0.25) is 0 Å². The highest BCUT2D eigenvalue weighted by atomic mass is 32.2. The molecule has 2 aromatic rings. The monoisotopic (exact) mass is 398 g/mol. The molecule has 4 nitrogen and oxygen atoms in total. The van der Waals surface area contributed by atoms with Gasteiger partial charge in [-0.1, -0.05) is 29.8 Å². The number of nitrogens with zero attached hydrogens (tertiary/aromatic N) is 2. The molecule has 0 aliphatic carbocycles. The minimum absolute atomic E-state index is 0.109. The molecule has 8 heteroatoms. The van der Waals surface area contributed by atoms with E-state index in [2.05, 4.69) is 11.0 Å². The van der Waals surface area contributed by atoms with Crippen LogP contribution in [0.3, 0.4) is 0 Å². The van der Waals surface area contributed by atoms with Gasteiger partial charge in [0, 0.05) is 32.7 Å². The molecule has 0 spiro atoms. The van der Waals surface area contributed by atoms with Crippen LogP contribution in [0.1, 0.15) is 16.7 Å². The molecule has 1 heterocycles. The second-order valence-electron chi connectivity index (χ2n) is 6.69. The average Bonchev–Trinajstić information content (AvgIpc) is 2.62. The first-order valence-corrected chi connectivity index (χ1v) is 10.1. The normalized spacial score (nSPS) is 17.2. The van der Waals surface area contributed by atoms with Crippen LogP contribution >= 0.6 is 0 Å². The Balaban J connectivity index is 1.64. The van der Waals surface area contributed by atoms with E-state index >= 15 is 0 Å². The van der Waals surface area contributed by atoms with Gasteiger partial charge < -0.3 is 0 Å². The molecule has 0 N–H and O–H groups in total. The molecular weight excluding hydrogens is 377 g/mol. The zero-order chi connectivity index (χ0) is 19.7. The number of hydrogen-bond acceptors (Lipinski definition) is 3. The van der Waals surface area contributed by atoms with Crippen molar-refractivity contribution in [2.45, 2.75) is 24.5 Å². The fraction of sp³-hybridized carbons (Fsp3) is 0.368. The van der Waals surface area contributed by atoms with Gasteiger partial charge in [0.15, 0.2) is 0 Å². The maximum absolute atomic E-state index is 12.7. The molecule has 27 heavy (non-hydrogen) atoms. The molecule has 1 saturated heterocycles. The number of benzene rings is 2. The van der Waals surface area contributed by atoms with Crippen LogP contribution in [0.15, 0.2) is 53.4 Å². The Morgan fingerprint density at radius 2 is 1.59 bits per heavy atom. The highest BCUT2D eigenvalue weighted by Crippen LogP contribution is 2.30. The predicted molar refractivity (Wildman–Crippen MR) is 96.7 cm³/mol. The minimum Gasteiger partial charge on any atom is -0.296 e. The van der Waals surface area contributed by atoms with Gasteiger partial charge in [0.25, 0.3) is 0 Å². The molecule has 146 valence electrons. The van der Waals surface area contributed by atoms with Crippen LogP contribution in [0.25, 0.3) is 0 Å². The summed E-state index contributed by atoms with van der Waals surface area (Å²) in [5.74, 6) is 0. The first-order chi connectivity index (χ1) is 12.7. The Morgan fingerprint density at radius 1 is 0.963 bits per heavy atom. The Kier molecular flexibility index (Phi) is 5.60. The lowest BCUT2D eigenvalue weighted by molar-refractivity contribution is -0.137. The number of aryl methyl sites for hydroxylation is 1. The Bertz CT molecular complexity index is 888. The highest BCUT2D eigenvalue weighted by Gasteiger charge is 2.32. The standard InChI is InChI=1S/C19H21F3N2O2S/c1-15-3-2-4-16(13-15)14-23-9-11-24(12-10-23)27(25,26)18-7-5-17(6-8-18)19(20,21)22/h2-8,13H,9-12,14H2,1H3. The number of rotatable bonds is 4. The molecule has 1 aliphatic rings. The lowest BCUT2D eigenvalue weighted by Gasteiger charge is -2.34. The molecule has 2 aromatic carbocycles. The summed E-state index contributed by atoms with van der Waals surface area (Å²) in [7, 11) is -3.79. The number of sulfonamides is 1. The summed E-state index contributed by atoms with van der Waals surface area (Å²) < 4.78 is 64.7. The lowest BCUT2D eigenvalue weighted by Crippen LogP contribution is -2.48. The van der Waals surface area contributed by atoms with Crippen molar-refractivity contribution in [1.29, 1.82) is 0 Å². The summed E-state index contributed by atoms with van der Waals surface area (Å²) in [6.07, 6.45) is -4.48. The van der Waals surface area contributed by atoms with E-state index in [-0.39, 0.29) is 4.90 Å². The van der Waals surface area contributed by atoms with E-state index in [0.717, 1.165) is 30.8 Å². The predicted octanol–water partition coefficient (Wildman–Crippen LogP) is 3.52. The zero-order valence-corrected chi connectivity index (χ0v) is 15.7. The molecule has 0 amide bonds. The van der Waals surface area contributed by atoms with E-state index in [4.69, 9.17) is 0 Å². The molecule has 0 bridgehead atoms. The summed E-state index contributed by atoms with van der Waals surface area (Å²) in [6, 6.07) is 11.8. The van der Waals surface area contributed by atoms with Gasteiger partial charge >= 0.3 is 6.18 Å². The fourth-order valence-corrected chi connectivity index (χ4v) is 4.58. The number of piperazine rings is 1. The number of hydrogen-bond donors (Lipinski definition) is 0. The summed E-state index contributed by atoms with van der Waals surface area (Å²) in [5.41, 5.74) is 1.49. The van der Waals surface area contributed by atoms with Crippen molar-refractivity contribution in [3.05, 3.63) is 65.2 Å². The molecular formula is C19H21F3N2O2S. The summed E-state index contributed by atoms with van der Waals surface area (Å²) in [5, 5.41) is 0. The van der Waals surface area contributed by atoms with Crippen LogP contribution in [0.5, 0.6) is 0 Å². The van der Waals surface area contributed by atoms with E-state index in [1.165, 1.54) is 15.4 Å². The highest BCUT2D eigenvalue weighted by molar-refractivity contribution is 7.89. The molecule has 0 atom stereocenters. The van der Waals surface area contributed by atoms with Crippen LogP contribution in [0.4, 0.5) is 13.2 Å². The van der Waals surface area contributed by atoms with Gasteiger partial charge in [-0.2, -0.15) is 17.5 Å². The second kappa shape index (κ2) is 7.61. The summed E-state index contributed by atoms with van der Waals surface area (Å²) >= 11 is 0. The van der Waals surface area contributed by atoms with Crippen molar-refractivity contribution in [3.8, 4) is 0 Å². The largest absolute Gasteiger partial charge is 0.416 e. The SMILES string of the molecule is Cc1cccc(CN2CCN(S(=O)(=O)c3ccc(C(F)(F)F)cc3)CC2)c1. The first kappa shape index (κ1) is 19.9. The fourth-order valence-electron chi connectivity index (χ4n) is 3.16. The van der Waals surface area contributed by atoms with Crippen molar-refractivity contribution in [2.24, 2.45) is 0 Å². The zero-order valence-electron chi connectivity index (χ0n) is 14.9. The molecule has 3 rings (SSSR count).